The van der Waals surface area contributed by atoms with E-state index < -0.39 is 23.9 Å². The van der Waals surface area contributed by atoms with Crippen molar-refractivity contribution in [2.75, 3.05) is 0 Å². The minimum Gasteiger partial charge on any atom is -0.389 e. The van der Waals surface area contributed by atoms with Gasteiger partial charge in [-0.2, -0.15) is 18.4 Å². The molecule has 0 heterocycles. The molecule has 0 bridgehead atoms. The van der Waals surface area contributed by atoms with Crippen LogP contribution in [-0.2, 0) is 6.18 Å². The van der Waals surface area contributed by atoms with Gasteiger partial charge in [-0.1, -0.05) is 6.07 Å². The number of rotatable bonds is 3. The summed E-state index contributed by atoms with van der Waals surface area (Å²) in [5, 5.41) is 27.5. The molecule has 0 fully saturated rings. The molecule has 6 heteroatoms. The van der Waals surface area contributed by atoms with E-state index in [1.807, 2.05) is 0 Å². The van der Waals surface area contributed by atoms with Crippen LogP contribution in [0.2, 0.25) is 0 Å². The molecule has 0 radical (unpaired) electrons. The van der Waals surface area contributed by atoms with Crippen LogP contribution in [0.3, 0.4) is 0 Å². The summed E-state index contributed by atoms with van der Waals surface area (Å²) >= 11 is 0. The third kappa shape index (κ3) is 3.22. The van der Waals surface area contributed by atoms with Crippen molar-refractivity contribution < 1.29 is 23.4 Å². The van der Waals surface area contributed by atoms with Gasteiger partial charge in [-0.3, -0.25) is 0 Å². The zero-order valence-corrected chi connectivity index (χ0v) is 9.57. The molecular weight excluding hydrogens is 247 g/mol. The zero-order valence-electron chi connectivity index (χ0n) is 9.57. The first-order valence-electron chi connectivity index (χ1n) is 5.18. The van der Waals surface area contributed by atoms with E-state index in [9.17, 15) is 23.4 Å². The molecule has 2 unspecified atom stereocenters. The Morgan fingerprint density at radius 2 is 1.94 bits per heavy atom. The number of benzene rings is 1. The fourth-order valence-corrected chi connectivity index (χ4v) is 1.60. The van der Waals surface area contributed by atoms with E-state index >= 15 is 0 Å². The van der Waals surface area contributed by atoms with E-state index in [0.29, 0.717) is 0 Å². The second-order valence-corrected chi connectivity index (χ2v) is 3.94. The molecule has 3 nitrogen and oxygen atoms in total. The molecule has 2 atom stereocenters. The number of nitrogens with zero attached hydrogens (tertiary/aromatic N) is 1. The van der Waals surface area contributed by atoms with Crippen LogP contribution in [-0.4, -0.2) is 16.3 Å². The van der Waals surface area contributed by atoms with Gasteiger partial charge < -0.3 is 10.2 Å². The summed E-state index contributed by atoms with van der Waals surface area (Å²) in [6, 6.07) is 4.54. The first kappa shape index (κ1) is 14.5. The van der Waals surface area contributed by atoms with Crippen molar-refractivity contribution >= 4 is 0 Å². The fraction of sp³-hybridized carbons (Fsp3) is 0.417. The highest BCUT2D eigenvalue weighted by atomic mass is 19.4. The van der Waals surface area contributed by atoms with Gasteiger partial charge in [0.25, 0.3) is 0 Å². The van der Waals surface area contributed by atoms with E-state index in [0.717, 1.165) is 18.2 Å². The summed E-state index contributed by atoms with van der Waals surface area (Å²) in [7, 11) is 0. The van der Waals surface area contributed by atoms with Crippen molar-refractivity contribution in [2.24, 2.45) is 0 Å². The Hall–Kier alpha value is -1.58. The Morgan fingerprint density at radius 1 is 1.33 bits per heavy atom. The highest BCUT2D eigenvalue weighted by molar-refractivity contribution is 5.34. The Balaban J connectivity index is 3.03. The molecule has 0 amide bonds. The van der Waals surface area contributed by atoms with E-state index in [1.165, 1.54) is 6.92 Å². The van der Waals surface area contributed by atoms with Crippen LogP contribution in [0.15, 0.2) is 18.2 Å². The van der Waals surface area contributed by atoms with Crippen molar-refractivity contribution in [1.29, 1.82) is 5.26 Å². The summed E-state index contributed by atoms with van der Waals surface area (Å²) in [4.78, 5) is 0. The molecule has 1 aromatic rings. The number of hydrogen-bond acceptors (Lipinski definition) is 3. The van der Waals surface area contributed by atoms with Gasteiger partial charge in [0.05, 0.1) is 24.2 Å². The first-order chi connectivity index (χ1) is 8.27. The third-order valence-corrected chi connectivity index (χ3v) is 2.58. The largest absolute Gasteiger partial charge is 0.416 e. The summed E-state index contributed by atoms with van der Waals surface area (Å²) in [6.07, 6.45) is -7.42. The molecule has 0 aliphatic carbocycles. The second kappa shape index (κ2) is 5.38. The van der Waals surface area contributed by atoms with Crippen molar-refractivity contribution in [1.82, 2.24) is 0 Å². The van der Waals surface area contributed by atoms with Gasteiger partial charge in [-0.15, -0.1) is 0 Å². The summed E-state index contributed by atoms with van der Waals surface area (Å²) < 4.78 is 37.3. The fourth-order valence-electron chi connectivity index (χ4n) is 1.60. The number of nitriles is 1. The first-order valence-corrected chi connectivity index (χ1v) is 5.18. The van der Waals surface area contributed by atoms with Gasteiger partial charge in [0.2, 0.25) is 0 Å². The minimum absolute atomic E-state index is 0.186. The van der Waals surface area contributed by atoms with Gasteiger partial charge in [-0.05, 0) is 30.2 Å². The zero-order chi connectivity index (χ0) is 13.9. The summed E-state index contributed by atoms with van der Waals surface area (Å²) in [5.74, 6) is 0. The van der Waals surface area contributed by atoms with Gasteiger partial charge in [0, 0.05) is 0 Å². The molecule has 0 aliphatic heterocycles. The maximum absolute atomic E-state index is 12.4. The molecule has 2 N–H and O–H groups in total. The maximum atomic E-state index is 12.4. The van der Waals surface area contributed by atoms with E-state index in [-0.39, 0.29) is 17.5 Å². The predicted molar refractivity (Wildman–Crippen MR) is 57.4 cm³/mol. The average molecular weight is 259 g/mol. The smallest absolute Gasteiger partial charge is 0.389 e. The highest BCUT2D eigenvalue weighted by Crippen LogP contribution is 2.32. The van der Waals surface area contributed by atoms with Crippen LogP contribution in [0.4, 0.5) is 13.2 Å². The third-order valence-electron chi connectivity index (χ3n) is 2.58. The van der Waals surface area contributed by atoms with Gasteiger partial charge in [0.15, 0.2) is 0 Å². The summed E-state index contributed by atoms with van der Waals surface area (Å²) in [6.45, 7) is 1.41. The topological polar surface area (TPSA) is 64.2 Å². The molecule has 0 saturated heterocycles. The lowest BCUT2D eigenvalue weighted by molar-refractivity contribution is -0.137. The molecule has 18 heavy (non-hydrogen) atoms. The van der Waals surface area contributed by atoms with E-state index in [1.54, 1.807) is 6.07 Å². The maximum Gasteiger partial charge on any atom is 0.416 e. The molecular formula is C12H12F3NO2. The predicted octanol–water partition coefficient (Wildman–Crippen LogP) is 2.32. The van der Waals surface area contributed by atoms with Crippen LogP contribution >= 0.6 is 0 Å². The molecule has 0 spiro atoms. The Morgan fingerprint density at radius 3 is 2.39 bits per heavy atom. The number of alkyl halides is 3. The number of aliphatic hydroxyl groups excluding tert-OH is 2. The van der Waals surface area contributed by atoms with Crippen LogP contribution < -0.4 is 0 Å². The lowest BCUT2D eigenvalue weighted by Gasteiger charge is -2.19. The monoisotopic (exact) mass is 259 g/mol. The Kier molecular flexibility index (Phi) is 4.33. The van der Waals surface area contributed by atoms with Crippen molar-refractivity contribution in [2.45, 2.75) is 31.7 Å². The SMILES string of the molecule is Cc1cc(C(F)(F)F)ccc1C(O)C(O)CC#N. The molecule has 0 saturated carbocycles. The van der Waals surface area contributed by atoms with Crippen LogP contribution in [0.1, 0.15) is 29.2 Å². The van der Waals surface area contributed by atoms with Crippen LogP contribution in [0, 0.1) is 18.3 Å². The molecule has 0 aromatic heterocycles. The molecule has 1 rings (SSSR count). The van der Waals surface area contributed by atoms with Crippen LogP contribution in [0.25, 0.3) is 0 Å². The minimum atomic E-state index is -4.44. The van der Waals surface area contributed by atoms with Crippen LogP contribution in [0.5, 0.6) is 0 Å². The number of aryl methyl sites for hydroxylation is 1. The molecule has 1 aromatic carbocycles. The lowest BCUT2D eigenvalue weighted by atomic mass is 9.96. The average Bonchev–Trinajstić information content (AvgIpc) is 2.27. The van der Waals surface area contributed by atoms with Gasteiger partial charge in [-0.25, -0.2) is 0 Å². The van der Waals surface area contributed by atoms with Crippen molar-refractivity contribution in [3.05, 3.63) is 34.9 Å². The lowest BCUT2D eigenvalue weighted by Crippen LogP contribution is -2.19. The van der Waals surface area contributed by atoms with E-state index in [2.05, 4.69) is 0 Å². The number of hydrogen-bond donors (Lipinski definition) is 2. The Labute approximate surface area is 102 Å². The number of halogens is 3. The number of aliphatic hydroxyl groups is 2. The Bertz CT molecular complexity index is 465. The van der Waals surface area contributed by atoms with Gasteiger partial charge >= 0.3 is 6.18 Å². The molecule has 0 aliphatic rings. The van der Waals surface area contributed by atoms with Crippen molar-refractivity contribution in [3.63, 3.8) is 0 Å². The van der Waals surface area contributed by atoms with Gasteiger partial charge in [0.1, 0.15) is 6.10 Å². The molecule has 98 valence electrons. The highest BCUT2D eigenvalue weighted by Gasteiger charge is 2.31. The quantitative estimate of drug-likeness (QED) is 0.875. The normalized spacial score (nSPS) is 14.9. The standard InChI is InChI=1S/C12H12F3NO2/c1-7-6-8(12(13,14)15)2-3-9(7)11(18)10(17)4-5-16/h2-3,6,10-11,17-18H,4H2,1H3. The van der Waals surface area contributed by atoms with Crippen molar-refractivity contribution in [3.8, 4) is 6.07 Å². The summed E-state index contributed by atoms with van der Waals surface area (Å²) in [5.41, 5.74) is -0.411. The second-order valence-electron chi connectivity index (χ2n) is 3.94. The van der Waals surface area contributed by atoms with E-state index in [4.69, 9.17) is 5.26 Å².